The Morgan fingerprint density at radius 2 is 1.74 bits per heavy atom. The summed E-state index contributed by atoms with van der Waals surface area (Å²) in [6.07, 6.45) is 2.89. The number of nitrogens with zero attached hydrogens (tertiary/aromatic N) is 2. The summed E-state index contributed by atoms with van der Waals surface area (Å²) in [5.74, 6) is 0.131. The van der Waals surface area contributed by atoms with Crippen molar-refractivity contribution in [1.82, 2.24) is 9.97 Å². The van der Waals surface area contributed by atoms with E-state index in [-0.39, 0.29) is 17.4 Å². The molecular formula is C20H17ClN4O2. The van der Waals surface area contributed by atoms with E-state index in [2.05, 4.69) is 20.6 Å². The standard InChI is InChI=1S/C20H17ClN4O2/c1-13(26)14-6-8-16(9-7-14)25-20(27)18-11-24-19(12-22-18)23-10-15-4-2-3-5-17(15)21/h2-9,11-12H,10H2,1H3,(H,23,24)(H,25,27). The van der Waals surface area contributed by atoms with Crippen LogP contribution >= 0.6 is 11.6 Å². The molecule has 0 aliphatic carbocycles. The van der Waals surface area contributed by atoms with Crippen molar-refractivity contribution in [3.8, 4) is 0 Å². The van der Waals surface area contributed by atoms with Gasteiger partial charge in [-0.1, -0.05) is 29.8 Å². The Bertz CT molecular complexity index is 956. The second-order valence-corrected chi connectivity index (χ2v) is 6.23. The Labute approximate surface area is 161 Å². The average Bonchev–Trinajstić information content (AvgIpc) is 2.68. The van der Waals surface area contributed by atoms with E-state index in [0.717, 1.165) is 5.56 Å². The van der Waals surface area contributed by atoms with Crippen LogP contribution in [-0.4, -0.2) is 21.7 Å². The predicted octanol–water partition coefficient (Wildman–Crippen LogP) is 4.20. The van der Waals surface area contributed by atoms with Crippen molar-refractivity contribution in [2.45, 2.75) is 13.5 Å². The largest absolute Gasteiger partial charge is 0.365 e. The van der Waals surface area contributed by atoms with E-state index in [9.17, 15) is 9.59 Å². The predicted molar refractivity (Wildman–Crippen MR) is 105 cm³/mol. The molecule has 0 unspecified atom stereocenters. The number of Topliss-reactive ketones (excluding diaryl/α,β-unsaturated/α-hetero) is 1. The van der Waals surface area contributed by atoms with Gasteiger partial charge in [-0.3, -0.25) is 9.59 Å². The number of carbonyl (C=O) groups excluding carboxylic acids is 2. The van der Waals surface area contributed by atoms with Crippen molar-refractivity contribution in [2.24, 2.45) is 0 Å². The number of anilines is 2. The van der Waals surface area contributed by atoms with Crippen LogP contribution in [0.4, 0.5) is 11.5 Å². The first kappa shape index (κ1) is 18.5. The summed E-state index contributed by atoms with van der Waals surface area (Å²) in [6.45, 7) is 1.99. The smallest absolute Gasteiger partial charge is 0.275 e. The summed E-state index contributed by atoms with van der Waals surface area (Å²) in [5, 5.41) is 6.50. The fourth-order valence-corrected chi connectivity index (χ4v) is 2.55. The summed E-state index contributed by atoms with van der Waals surface area (Å²) in [4.78, 5) is 31.9. The number of carbonyl (C=O) groups is 2. The fraction of sp³-hybridized carbons (Fsp3) is 0.100. The second kappa shape index (κ2) is 8.42. The first-order valence-corrected chi connectivity index (χ1v) is 8.62. The number of nitrogens with one attached hydrogen (secondary N) is 2. The van der Waals surface area contributed by atoms with Gasteiger partial charge < -0.3 is 10.6 Å². The Balaban J connectivity index is 1.60. The Kier molecular flexibility index (Phi) is 5.78. The molecule has 0 fully saturated rings. The maximum Gasteiger partial charge on any atom is 0.275 e. The van der Waals surface area contributed by atoms with Crippen LogP contribution in [0, 0.1) is 0 Å². The van der Waals surface area contributed by atoms with E-state index in [4.69, 9.17) is 11.6 Å². The van der Waals surface area contributed by atoms with Gasteiger partial charge in [-0.2, -0.15) is 0 Å². The van der Waals surface area contributed by atoms with Crippen molar-refractivity contribution < 1.29 is 9.59 Å². The molecule has 0 saturated carbocycles. The lowest BCUT2D eigenvalue weighted by Crippen LogP contribution is -2.14. The molecule has 1 amide bonds. The fourth-order valence-electron chi connectivity index (χ4n) is 2.35. The molecule has 3 aromatic rings. The van der Waals surface area contributed by atoms with Crippen LogP contribution in [-0.2, 0) is 6.54 Å². The molecule has 0 radical (unpaired) electrons. The van der Waals surface area contributed by atoms with Gasteiger partial charge in [0.2, 0.25) is 0 Å². The van der Waals surface area contributed by atoms with Gasteiger partial charge in [0, 0.05) is 22.8 Å². The first-order chi connectivity index (χ1) is 13.0. The van der Waals surface area contributed by atoms with E-state index in [1.165, 1.54) is 19.3 Å². The van der Waals surface area contributed by atoms with Gasteiger partial charge in [0.25, 0.3) is 5.91 Å². The molecule has 3 rings (SSSR count). The minimum absolute atomic E-state index is 0.0291. The molecule has 0 bridgehead atoms. The second-order valence-electron chi connectivity index (χ2n) is 5.82. The molecule has 1 aromatic heterocycles. The molecule has 0 atom stereocenters. The van der Waals surface area contributed by atoms with Crippen molar-refractivity contribution >= 4 is 34.8 Å². The zero-order chi connectivity index (χ0) is 19.2. The summed E-state index contributed by atoms with van der Waals surface area (Å²) >= 11 is 6.11. The zero-order valence-corrected chi connectivity index (χ0v) is 15.3. The number of halogens is 1. The molecule has 0 saturated heterocycles. The molecule has 1 heterocycles. The number of ketones is 1. The third kappa shape index (κ3) is 4.89. The van der Waals surface area contributed by atoms with E-state index in [1.54, 1.807) is 24.3 Å². The van der Waals surface area contributed by atoms with E-state index in [1.807, 2.05) is 24.3 Å². The van der Waals surface area contributed by atoms with Crippen molar-refractivity contribution in [2.75, 3.05) is 10.6 Å². The number of hydrogen-bond donors (Lipinski definition) is 2. The molecule has 0 spiro atoms. The highest BCUT2D eigenvalue weighted by Gasteiger charge is 2.09. The lowest BCUT2D eigenvalue weighted by molar-refractivity contribution is 0.101. The molecule has 136 valence electrons. The number of hydrogen-bond acceptors (Lipinski definition) is 5. The summed E-state index contributed by atoms with van der Waals surface area (Å²) < 4.78 is 0. The number of rotatable bonds is 6. The third-order valence-corrected chi connectivity index (χ3v) is 4.22. The summed E-state index contributed by atoms with van der Waals surface area (Å²) in [5.41, 5.74) is 2.29. The topological polar surface area (TPSA) is 84.0 Å². The summed E-state index contributed by atoms with van der Waals surface area (Å²) in [6, 6.07) is 14.2. The monoisotopic (exact) mass is 380 g/mol. The maximum absolute atomic E-state index is 12.2. The average molecular weight is 381 g/mol. The van der Waals surface area contributed by atoms with Crippen molar-refractivity contribution in [3.63, 3.8) is 0 Å². The van der Waals surface area contributed by atoms with Crippen molar-refractivity contribution in [3.05, 3.63) is 82.8 Å². The lowest BCUT2D eigenvalue weighted by atomic mass is 10.1. The number of benzene rings is 2. The highest BCUT2D eigenvalue weighted by molar-refractivity contribution is 6.31. The van der Waals surface area contributed by atoms with Crippen LogP contribution in [0.1, 0.15) is 33.3 Å². The highest BCUT2D eigenvalue weighted by atomic mass is 35.5. The zero-order valence-electron chi connectivity index (χ0n) is 14.6. The molecular weight excluding hydrogens is 364 g/mol. The van der Waals surface area contributed by atoms with Gasteiger partial charge in [0.15, 0.2) is 5.78 Å². The summed E-state index contributed by atoms with van der Waals surface area (Å²) in [7, 11) is 0. The van der Waals surface area contributed by atoms with Crippen LogP contribution in [0.2, 0.25) is 5.02 Å². The van der Waals surface area contributed by atoms with E-state index < -0.39 is 0 Å². The molecule has 0 aliphatic heterocycles. The normalized spacial score (nSPS) is 10.3. The van der Waals surface area contributed by atoms with Gasteiger partial charge in [0.05, 0.1) is 12.4 Å². The van der Waals surface area contributed by atoms with Crippen molar-refractivity contribution in [1.29, 1.82) is 0 Å². The number of aromatic nitrogens is 2. The van der Waals surface area contributed by atoms with Gasteiger partial charge in [0.1, 0.15) is 11.5 Å². The first-order valence-electron chi connectivity index (χ1n) is 8.24. The van der Waals surface area contributed by atoms with Crippen LogP contribution in [0.15, 0.2) is 60.9 Å². The van der Waals surface area contributed by atoms with Crippen LogP contribution in [0.25, 0.3) is 0 Å². The minimum Gasteiger partial charge on any atom is -0.365 e. The van der Waals surface area contributed by atoms with Crippen LogP contribution in [0.5, 0.6) is 0 Å². The molecule has 27 heavy (non-hydrogen) atoms. The highest BCUT2D eigenvalue weighted by Crippen LogP contribution is 2.16. The molecule has 2 aromatic carbocycles. The number of amides is 1. The van der Waals surface area contributed by atoms with E-state index in [0.29, 0.717) is 28.6 Å². The molecule has 7 heteroatoms. The van der Waals surface area contributed by atoms with Crippen LogP contribution in [0.3, 0.4) is 0 Å². The van der Waals surface area contributed by atoms with E-state index >= 15 is 0 Å². The SMILES string of the molecule is CC(=O)c1ccc(NC(=O)c2cnc(NCc3ccccc3Cl)cn2)cc1. The Morgan fingerprint density at radius 3 is 2.37 bits per heavy atom. The third-order valence-electron chi connectivity index (χ3n) is 3.85. The van der Waals surface area contributed by atoms with Gasteiger partial charge in [-0.25, -0.2) is 9.97 Å². The Morgan fingerprint density at radius 1 is 1.00 bits per heavy atom. The van der Waals surface area contributed by atoms with Crippen LogP contribution < -0.4 is 10.6 Å². The molecule has 6 nitrogen and oxygen atoms in total. The maximum atomic E-state index is 12.2. The Hall–Kier alpha value is -3.25. The lowest BCUT2D eigenvalue weighted by Gasteiger charge is -2.08. The van der Waals surface area contributed by atoms with Gasteiger partial charge in [-0.05, 0) is 42.8 Å². The van der Waals surface area contributed by atoms with Gasteiger partial charge >= 0.3 is 0 Å². The molecule has 0 aliphatic rings. The van der Waals surface area contributed by atoms with Gasteiger partial charge in [-0.15, -0.1) is 0 Å². The quantitative estimate of drug-likeness (QED) is 0.626. The molecule has 2 N–H and O–H groups in total. The minimum atomic E-state index is -0.379.